The summed E-state index contributed by atoms with van der Waals surface area (Å²) >= 11 is 0. The number of H-pyrrole nitrogens is 1. The van der Waals surface area contributed by atoms with Gasteiger partial charge < -0.3 is 9.30 Å². The number of aromatic amines is 1. The summed E-state index contributed by atoms with van der Waals surface area (Å²) in [6.07, 6.45) is 0. The Morgan fingerprint density at radius 2 is 1.81 bits per heavy atom. The van der Waals surface area contributed by atoms with E-state index in [4.69, 9.17) is 4.74 Å². The average Bonchev–Trinajstić information content (AvgIpc) is 2.99. The second-order valence-corrected chi connectivity index (χ2v) is 6.55. The highest BCUT2D eigenvalue weighted by molar-refractivity contribution is 5.80. The molecule has 7 nitrogen and oxygen atoms in total. The van der Waals surface area contributed by atoms with E-state index in [1.165, 1.54) is 10.7 Å². The summed E-state index contributed by atoms with van der Waals surface area (Å²) in [5.41, 5.74) is 1.80. The van der Waals surface area contributed by atoms with Crippen molar-refractivity contribution in [2.75, 3.05) is 32.8 Å². The summed E-state index contributed by atoms with van der Waals surface area (Å²) in [6.45, 7) is 6.39. The molecule has 136 valence electrons. The highest BCUT2D eigenvalue weighted by atomic mass is 16.5. The number of hydrogen-bond donors (Lipinski definition) is 1. The van der Waals surface area contributed by atoms with Gasteiger partial charge in [0.25, 0.3) is 11.1 Å². The SMILES string of the molecule is Cc1c2c(=O)n(-c3ccccc3)[nH]c2cc(=O)n1CCN1CCOCC1. The largest absolute Gasteiger partial charge is 0.379 e. The number of pyridine rings is 1. The molecule has 0 saturated carbocycles. The van der Waals surface area contributed by atoms with Crippen molar-refractivity contribution in [2.24, 2.45) is 0 Å². The summed E-state index contributed by atoms with van der Waals surface area (Å²) in [5, 5.41) is 3.62. The van der Waals surface area contributed by atoms with E-state index in [1.807, 2.05) is 37.3 Å². The minimum Gasteiger partial charge on any atom is -0.379 e. The Morgan fingerprint density at radius 3 is 2.54 bits per heavy atom. The molecule has 1 saturated heterocycles. The van der Waals surface area contributed by atoms with Crippen LogP contribution in [0.25, 0.3) is 16.6 Å². The number of aromatic nitrogens is 3. The molecule has 0 spiro atoms. The highest BCUT2D eigenvalue weighted by Gasteiger charge is 2.16. The minimum absolute atomic E-state index is 0.0929. The summed E-state index contributed by atoms with van der Waals surface area (Å²) in [5.74, 6) is 0. The number of fused-ring (bicyclic) bond motifs is 1. The molecule has 2 aromatic heterocycles. The van der Waals surface area contributed by atoms with Crippen molar-refractivity contribution < 1.29 is 4.74 Å². The molecule has 1 aromatic carbocycles. The van der Waals surface area contributed by atoms with Gasteiger partial charge in [0.15, 0.2) is 0 Å². The molecular weight excluding hydrogens is 332 g/mol. The van der Waals surface area contributed by atoms with Crippen molar-refractivity contribution in [3.05, 3.63) is 62.8 Å². The van der Waals surface area contributed by atoms with E-state index in [9.17, 15) is 9.59 Å². The Labute approximate surface area is 150 Å². The normalized spacial score (nSPS) is 15.6. The molecule has 3 heterocycles. The molecule has 0 bridgehead atoms. The molecule has 0 atom stereocenters. The minimum atomic E-state index is -0.135. The van der Waals surface area contributed by atoms with Gasteiger partial charge in [-0.3, -0.25) is 19.6 Å². The van der Waals surface area contributed by atoms with Crippen LogP contribution < -0.4 is 11.1 Å². The topological polar surface area (TPSA) is 72.3 Å². The van der Waals surface area contributed by atoms with Crippen molar-refractivity contribution in [3.63, 3.8) is 0 Å². The van der Waals surface area contributed by atoms with Crippen LogP contribution in [0.2, 0.25) is 0 Å². The lowest BCUT2D eigenvalue weighted by Crippen LogP contribution is -2.39. The second kappa shape index (κ2) is 6.93. The van der Waals surface area contributed by atoms with Crippen LogP contribution in [0.5, 0.6) is 0 Å². The van der Waals surface area contributed by atoms with Gasteiger partial charge in [-0.05, 0) is 19.1 Å². The first-order valence-electron chi connectivity index (χ1n) is 8.86. The van der Waals surface area contributed by atoms with Crippen molar-refractivity contribution in [1.29, 1.82) is 0 Å². The van der Waals surface area contributed by atoms with E-state index in [0.717, 1.165) is 38.5 Å². The third-order valence-electron chi connectivity index (χ3n) is 4.98. The molecule has 26 heavy (non-hydrogen) atoms. The number of rotatable bonds is 4. The van der Waals surface area contributed by atoms with Crippen LogP contribution in [0.4, 0.5) is 0 Å². The van der Waals surface area contributed by atoms with Gasteiger partial charge >= 0.3 is 0 Å². The first-order valence-corrected chi connectivity index (χ1v) is 8.86. The van der Waals surface area contributed by atoms with E-state index < -0.39 is 0 Å². The predicted octanol–water partition coefficient (Wildman–Crippen LogP) is 1.12. The van der Waals surface area contributed by atoms with Gasteiger partial charge in [-0.15, -0.1) is 0 Å². The highest BCUT2D eigenvalue weighted by Crippen LogP contribution is 2.13. The van der Waals surface area contributed by atoms with Crippen molar-refractivity contribution in [1.82, 2.24) is 19.2 Å². The molecule has 1 aliphatic heterocycles. The van der Waals surface area contributed by atoms with E-state index in [-0.39, 0.29) is 11.1 Å². The lowest BCUT2D eigenvalue weighted by atomic mass is 10.2. The van der Waals surface area contributed by atoms with E-state index in [0.29, 0.717) is 23.1 Å². The summed E-state index contributed by atoms with van der Waals surface area (Å²) in [7, 11) is 0. The lowest BCUT2D eigenvalue weighted by Gasteiger charge is -2.27. The van der Waals surface area contributed by atoms with Gasteiger partial charge in [-0.25, -0.2) is 4.68 Å². The fourth-order valence-electron chi connectivity index (χ4n) is 3.51. The summed E-state index contributed by atoms with van der Waals surface area (Å²) < 4.78 is 8.55. The zero-order chi connectivity index (χ0) is 18.1. The molecule has 7 heteroatoms. The predicted molar refractivity (Wildman–Crippen MR) is 100 cm³/mol. The average molecular weight is 354 g/mol. The van der Waals surface area contributed by atoms with Crippen LogP contribution >= 0.6 is 0 Å². The number of ether oxygens (including phenoxy) is 1. The fraction of sp³-hybridized carbons (Fsp3) is 0.368. The molecule has 4 rings (SSSR count). The number of hydrogen-bond acceptors (Lipinski definition) is 4. The summed E-state index contributed by atoms with van der Waals surface area (Å²) in [6, 6.07) is 10.9. The van der Waals surface area contributed by atoms with Gasteiger partial charge in [0, 0.05) is 37.9 Å². The van der Waals surface area contributed by atoms with Crippen LogP contribution in [0, 0.1) is 6.92 Å². The Morgan fingerprint density at radius 1 is 1.08 bits per heavy atom. The zero-order valence-corrected chi connectivity index (χ0v) is 14.8. The molecule has 1 aliphatic rings. The third-order valence-corrected chi connectivity index (χ3v) is 4.98. The summed E-state index contributed by atoms with van der Waals surface area (Å²) in [4.78, 5) is 27.8. The standard InChI is InChI=1S/C19H22N4O3/c1-14-18-16(20-23(19(18)25)15-5-3-2-4-6-15)13-17(24)22(14)8-7-21-9-11-26-12-10-21/h2-6,13,20H,7-12H2,1H3. The van der Waals surface area contributed by atoms with E-state index >= 15 is 0 Å². The number of nitrogens with zero attached hydrogens (tertiary/aromatic N) is 3. The molecule has 1 N–H and O–H groups in total. The molecule has 0 unspecified atom stereocenters. The van der Waals surface area contributed by atoms with Gasteiger partial charge in [0.05, 0.1) is 29.8 Å². The van der Waals surface area contributed by atoms with Crippen molar-refractivity contribution in [3.8, 4) is 5.69 Å². The van der Waals surface area contributed by atoms with Gasteiger partial charge in [0.2, 0.25) is 0 Å². The van der Waals surface area contributed by atoms with Gasteiger partial charge in [-0.1, -0.05) is 18.2 Å². The van der Waals surface area contributed by atoms with Gasteiger partial charge in [0.1, 0.15) is 0 Å². The molecule has 0 aliphatic carbocycles. The Bertz CT molecular complexity index is 1030. The van der Waals surface area contributed by atoms with Crippen LogP contribution in [0.3, 0.4) is 0 Å². The first kappa shape index (κ1) is 16.8. The smallest absolute Gasteiger partial charge is 0.280 e. The molecule has 0 amide bonds. The second-order valence-electron chi connectivity index (χ2n) is 6.55. The monoisotopic (exact) mass is 354 g/mol. The van der Waals surface area contributed by atoms with Crippen LogP contribution in [0.1, 0.15) is 5.69 Å². The van der Waals surface area contributed by atoms with Crippen LogP contribution in [-0.4, -0.2) is 52.1 Å². The maximum atomic E-state index is 12.9. The maximum Gasteiger partial charge on any atom is 0.280 e. The number of morpholine rings is 1. The van der Waals surface area contributed by atoms with E-state index in [2.05, 4.69) is 10.00 Å². The number of nitrogens with one attached hydrogen (secondary N) is 1. The molecular formula is C19H22N4O3. The lowest BCUT2D eigenvalue weighted by molar-refractivity contribution is 0.0362. The Hall–Kier alpha value is -2.64. The fourth-order valence-corrected chi connectivity index (χ4v) is 3.51. The Balaban J connectivity index is 1.72. The Kier molecular flexibility index (Phi) is 4.48. The number of para-hydroxylation sites is 1. The van der Waals surface area contributed by atoms with Crippen LogP contribution in [-0.2, 0) is 11.3 Å². The number of aryl methyl sites for hydroxylation is 1. The molecule has 0 radical (unpaired) electrons. The molecule has 1 fully saturated rings. The molecule has 3 aromatic rings. The van der Waals surface area contributed by atoms with Crippen molar-refractivity contribution in [2.45, 2.75) is 13.5 Å². The third kappa shape index (κ3) is 3.00. The zero-order valence-electron chi connectivity index (χ0n) is 14.8. The van der Waals surface area contributed by atoms with E-state index in [1.54, 1.807) is 4.57 Å². The number of benzene rings is 1. The quantitative estimate of drug-likeness (QED) is 0.762. The van der Waals surface area contributed by atoms with Crippen molar-refractivity contribution >= 4 is 10.9 Å². The maximum absolute atomic E-state index is 12.9. The van der Waals surface area contributed by atoms with Crippen LogP contribution in [0.15, 0.2) is 46.0 Å². The van der Waals surface area contributed by atoms with Gasteiger partial charge in [-0.2, -0.15) is 0 Å². The first-order chi connectivity index (χ1) is 12.6.